The summed E-state index contributed by atoms with van der Waals surface area (Å²) in [5.74, 6) is 0. The number of aliphatic hydroxyl groups is 2. The number of likely N-dealkylation sites (N-methyl/N-ethyl adjacent to an activating group) is 1. The van der Waals surface area contributed by atoms with Gasteiger partial charge < -0.3 is 10.2 Å². The van der Waals surface area contributed by atoms with Gasteiger partial charge in [0, 0.05) is 19.5 Å². The monoisotopic (exact) mass is 145 g/mol. The van der Waals surface area contributed by atoms with Crippen LogP contribution in [0.1, 0.15) is 13.3 Å². The lowest BCUT2D eigenvalue weighted by Crippen LogP contribution is -2.45. The highest BCUT2D eigenvalue weighted by Crippen LogP contribution is 2.09. The summed E-state index contributed by atoms with van der Waals surface area (Å²) in [6.07, 6.45) is -0.122. The molecule has 0 spiro atoms. The Morgan fingerprint density at radius 2 is 1.80 bits per heavy atom. The summed E-state index contributed by atoms with van der Waals surface area (Å²) in [6.45, 7) is 4.38. The minimum absolute atomic E-state index is 0.330. The molecule has 1 rings (SSSR count). The van der Waals surface area contributed by atoms with E-state index in [0.29, 0.717) is 19.5 Å². The van der Waals surface area contributed by atoms with Crippen molar-refractivity contribution in [3.63, 3.8) is 0 Å². The zero-order valence-corrected chi connectivity index (χ0v) is 6.32. The summed E-state index contributed by atoms with van der Waals surface area (Å²) in [6, 6.07) is 0. The van der Waals surface area contributed by atoms with E-state index in [0.717, 1.165) is 6.54 Å². The molecule has 1 fully saturated rings. The van der Waals surface area contributed by atoms with E-state index in [2.05, 4.69) is 4.90 Å². The topological polar surface area (TPSA) is 43.7 Å². The van der Waals surface area contributed by atoms with Crippen molar-refractivity contribution < 1.29 is 10.2 Å². The molecule has 0 radical (unpaired) electrons. The Bertz CT molecular complexity index is 97.8. The van der Waals surface area contributed by atoms with Gasteiger partial charge in [-0.1, -0.05) is 6.92 Å². The third kappa shape index (κ3) is 1.94. The number of likely N-dealkylation sites (tertiary alicyclic amines) is 1. The van der Waals surface area contributed by atoms with Crippen LogP contribution in [-0.2, 0) is 0 Å². The summed E-state index contributed by atoms with van der Waals surface area (Å²) < 4.78 is 0. The molecule has 0 bridgehead atoms. The van der Waals surface area contributed by atoms with Crippen molar-refractivity contribution in [1.82, 2.24) is 4.90 Å². The first kappa shape index (κ1) is 7.98. The van der Waals surface area contributed by atoms with Crippen molar-refractivity contribution in [3.05, 3.63) is 0 Å². The van der Waals surface area contributed by atoms with Gasteiger partial charge in [0.25, 0.3) is 0 Å². The molecule has 0 aliphatic carbocycles. The lowest BCUT2D eigenvalue weighted by Gasteiger charge is -2.32. The molecule has 60 valence electrons. The Balaban J connectivity index is 2.35. The van der Waals surface area contributed by atoms with E-state index in [4.69, 9.17) is 0 Å². The Morgan fingerprint density at radius 1 is 1.30 bits per heavy atom. The fourth-order valence-corrected chi connectivity index (χ4v) is 1.39. The van der Waals surface area contributed by atoms with E-state index in [1.807, 2.05) is 6.92 Å². The van der Waals surface area contributed by atoms with Crippen LogP contribution in [0.25, 0.3) is 0 Å². The van der Waals surface area contributed by atoms with E-state index in [-0.39, 0.29) is 12.2 Å². The number of hydrogen-bond donors (Lipinski definition) is 2. The summed E-state index contributed by atoms with van der Waals surface area (Å²) in [5, 5.41) is 18.4. The van der Waals surface area contributed by atoms with Crippen molar-refractivity contribution >= 4 is 0 Å². The molecular formula is C7H15NO2. The summed E-state index contributed by atoms with van der Waals surface area (Å²) in [5.41, 5.74) is 0. The van der Waals surface area contributed by atoms with Crippen molar-refractivity contribution in [2.45, 2.75) is 25.6 Å². The van der Waals surface area contributed by atoms with Gasteiger partial charge in [0.05, 0.1) is 12.2 Å². The van der Waals surface area contributed by atoms with Gasteiger partial charge in [-0.25, -0.2) is 0 Å². The minimum atomic E-state index is -0.330. The maximum atomic E-state index is 9.18. The summed E-state index contributed by atoms with van der Waals surface area (Å²) >= 11 is 0. The number of rotatable bonds is 1. The molecule has 0 aromatic heterocycles. The van der Waals surface area contributed by atoms with Crippen molar-refractivity contribution in [2.75, 3.05) is 19.6 Å². The smallest absolute Gasteiger partial charge is 0.0692 e. The van der Waals surface area contributed by atoms with Gasteiger partial charge in [-0.15, -0.1) is 0 Å². The average Bonchev–Trinajstić information content (AvgIpc) is 1.85. The molecule has 2 N–H and O–H groups in total. The second-order valence-corrected chi connectivity index (χ2v) is 2.90. The molecule has 0 amide bonds. The Labute approximate surface area is 61.3 Å². The largest absolute Gasteiger partial charge is 0.392 e. The van der Waals surface area contributed by atoms with E-state index in [1.54, 1.807) is 0 Å². The Kier molecular flexibility index (Phi) is 2.65. The fraction of sp³-hybridized carbons (Fsp3) is 1.00. The second kappa shape index (κ2) is 3.32. The summed E-state index contributed by atoms with van der Waals surface area (Å²) in [4.78, 5) is 2.05. The second-order valence-electron chi connectivity index (χ2n) is 2.90. The van der Waals surface area contributed by atoms with Crippen LogP contribution < -0.4 is 0 Å². The molecule has 0 aromatic carbocycles. The molecule has 3 heteroatoms. The molecule has 1 heterocycles. The number of hydrogen-bond acceptors (Lipinski definition) is 3. The van der Waals surface area contributed by atoms with Gasteiger partial charge >= 0.3 is 0 Å². The van der Waals surface area contributed by atoms with Gasteiger partial charge in [0.15, 0.2) is 0 Å². The lowest BCUT2D eigenvalue weighted by molar-refractivity contribution is -0.00589. The lowest BCUT2D eigenvalue weighted by atomic mass is 10.1. The molecule has 1 aliphatic heterocycles. The first-order valence-electron chi connectivity index (χ1n) is 3.81. The molecule has 0 aromatic rings. The molecule has 0 saturated carbocycles. The van der Waals surface area contributed by atoms with Crippen LogP contribution in [0.2, 0.25) is 0 Å². The molecular weight excluding hydrogens is 130 g/mol. The Morgan fingerprint density at radius 3 is 2.20 bits per heavy atom. The maximum absolute atomic E-state index is 9.18. The van der Waals surface area contributed by atoms with Crippen LogP contribution in [0.4, 0.5) is 0 Å². The molecule has 10 heavy (non-hydrogen) atoms. The quantitative estimate of drug-likeness (QED) is 0.519. The van der Waals surface area contributed by atoms with Gasteiger partial charge in [-0.2, -0.15) is 0 Å². The third-order valence-corrected chi connectivity index (χ3v) is 1.93. The maximum Gasteiger partial charge on any atom is 0.0692 e. The van der Waals surface area contributed by atoms with Crippen molar-refractivity contribution in [3.8, 4) is 0 Å². The van der Waals surface area contributed by atoms with Crippen LogP contribution in [-0.4, -0.2) is 47.0 Å². The van der Waals surface area contributed by atoms with Crippen LogP contribution in [0.15, 0.2) is 0 Å². The van der Waals surface area contributed by atoms with Crippen LogP contribution >= 0.6 is 0 Å². The predicted octanol–water partition coefficient (Wildman–Crippen LogP) is -0.566. The summed E-state index contributed by atoms with van der Waals surface area (Å²) in [7, 11) is 0. The molecule has 2 atom stereocenters. The van der Waals surface area contributed by atoms with Crippen LogP contribution in [0.5, 0.6) is 0 Å². The standard InChI is InChI=1S/C7H15NO2/c1-2-8-4-6(9)3-7(10)5-8/h6-7,9-10H,2-5H2,1H3/t6-,7-/m0/s1. The van der Waals surface area contributed by atoms with E-state index >= 15 is 0 Å². The van der Waals surface area contributed by atoms with E-state index in [1.165, 1.54) is 0 Å². The molecule has 1 aliphatic rings. The van der Waals surface area contributed by atoms with Gasteiger partial charge in [-0.3, -0.25) is 4.90 Å². The van der Waals surface area contributed by atoms with Gasteiger partial charge in [0.2, 0.25) is 0 Å². The van der Waals surface area contributed by atoms with Crippen molar-refractivity contribution in [1.29, 1.82) is 0 Å². The first-order chi connectivity index (χ1) is 4.72. The highest BCUT2D eigenvalue weighted by molar-refractivity contribution is 4.76. The number of β-amino-alcohol motifs (C(OH)–C–C–N with tert-alkyl or cyclic N) is 2. The normalized spacial score (nSPS) is 36.3. The zero-order valence-electron chi connectivity index (χ0n) is 6.32. The third-order valence-electron chi connectivity index (χ3n) is 1.93. The predicted molar refractivity (Wildman–Crippen MR) is 38.7 cm³/mol. The van der Waals surface area contributed by atoms with E-state index < -0.39 is 0 Å². The fourth-order valence-electron chi connectivity index (χ4n) is 1.39. The molecule has 3 nitrogen and oxygen atoms in total. The number of aliphatic hydroxyl groups excluding tert-OH is 2. The molecule has 0 unspecified atom stereocenters. The van der Waals surface area contributed by atoms with Gasteiger partial charge in [-0.05, 0) is 6.54 Å². The highest BCUT2D eigenvalue weighted by atomic mass is 16.3. The number of nitrogens with zero attached hydrogens (tertiary/aromatic N) is 1. The minimum Gasteiger partial charge on any atom is -0.392 e. The highest BCUT2D eigenvalue weighted by Gasteiger charge is 2.22. The van der Waals surface area contributed by atoms with Crippen molar-refractivity contribution in [2.24, 2.45) is 0 Å². The average molecular weight is 145 g/mol. The van der Waals surface area contributed by atoms with Crippen LogP contribution in [0, 0.1) is 0 Å². The Hall–Kier alpha value is -0.120. The SMILES string of the molecule is CCN1C[C@@H](O)C[C@H](O)C1. The van der Waals surface area contributed by atoms with E-state index in [9.17, 15) is 10.2 Å². The van der Waals surface area contributed by atoms with Crippen LogP contribution in [0.3, 0.4) is 0 Å². The molecule has 1 saturated heterocycles. The first-order valence-corrected chi connectivity index (χ1v) is 3.81. The zero-order chi connectivity index (χ0) is 7.56. The number of piperidine rings is 1. The van der Waals surface area contributed by atoms with Gasteiger partial charge in [0.1, 0.15) is 0 Å².